The minimum Gasteiger partial charge on any atom is -0.380 e. The summed E-state index contributed by atoms with van der Waals surface area (Å²) >= 11 is 3.14. The summed E-state index contributed by atoms with van der Waals surface area (Å²) in [5.74, 6) is 0. The summed E-state index contributed by atoms with van der Waals surface area (Å²) in [5, 5.41) is 13.4. The van der Waals surface area contributed by atoms with E-state index in [-0.39, 0.29) is 5.69 Å². The largest absolute Gasteiger partial charge is 0.380 e. The van der Waals surface area contributed by atoms with E-state index in [1.165, 1.54) is 6.20 Å². The zero-order valence-corrected chi connectivity index (χ0v) is 8.54. The van der Waals surface area contributed by atoms with Gasteiger partial charge in [0.25, 0.3) is 0 Å². The molecule has 1 rings (SSSR count). The number of pyridine rings is 1. The zero-order chi connectivity index (χ0) is 9.84. The molecule has 0 aliphatic rings. The molecule has 0 radical (unpaired) electrons. The first-order valence-corrected chi connectivity index (χ1v) is 4.48. The second kappa shape index (κ2) is 4.18. The van der Waals surface area contributed by atoms with E-state index in [0.717, 1.165) is 0 Å². The summed E-state index contributed by atoms with van der Waals surface area (Å²) in [6.45, 7) is 2.51. The van der Waals surface area contributed by atoms with Gasteiger partial charge < -0.3 is 5.32 Å². The van der Waals surface area contributed by atoms with Crippen LogP contribution in [-0.2, 0) is 0 Å². The lowest BCUT2D eigenvalue weighted by molar-refractivity contribution is -0.384. The van der Waals surface area contributed by atoms with E-state index in [4.69, 9.17) is 0 Å². The molecule has 70 valence electrons. The Labute approximate surface area is 83.5 Å². The minimum absolute atomic E-state index is 0.00921. The molecule has 0 aromatic carbocycles. The van der Waals surface area contributed by atoms with Crippen LogP contribution in [0.2, 0.25) is 0 Å². The maximum Gasteiger partial charge on any atom is 0.310 e. The van der Waals surface area contributed by atoms with Crippen molar-refractivity contribution < 1.29 is 4.92 Å². The van der Waals surface area contributed by atoms with Crippen molar-refractivity contribution in [3.05, 3.63) is 27.0 Å². The Kier molecular flexibility index (Phi) is 3.18. The van der Waals surface area contributed by atoms with Gasteiger partial charge in [0.05, 0.1) is 4.92 Å². The van der Waals surface area contributed by atoms with Gasteiger partial charge in [-0.3, -0.25) is 10.1 Å². The maximum atomic E-state index is 10.5. The molecule has 5 nitrogen and oxygen atoms in total. The molecule has 0 spiro atoms. The maximum absolute atomic E-state index is 10.5. The number of nitrogens with zero attached hydrogens (tertiary/aromatic N) is 2. The summed E-state index contributed by atoms with van der Waals surface area (Å²) < 4.78 is 0.578. The highest BCUT2D eigenvalue weighted by atomic mass is 79.9. The SMILES string of the molecule is CCNc1cc(Br)ncc1[N+](=O)[O-]. The smallest absolute Gasteiger partial charge is 0.310 e. The quantitative estimate of drug-likeness (QED) is 0.504. The van der Waals surface area contributed by atoms with Crippen LogP contribution in [0.1, 0.15) is 6.92 Å². The molecule has 1 N–H and O–H groups in total. The van der Waals surface area contributed by atoms with Crippen LogP contribution in [0.25, 0.3) is 0 Å². The van der Waals surface area contributed by atoms with Crippen LogP contribution in [-0.4, -0.2) is 16.5 Å². The lowest BCUT2D eigenvalue weighted by Crippen LogP contribution is -2.01. The Morgan fingerprint density at radius 3 is 3.00 bits per heavy atom. The first-order valence-electron chi connectivity index (χ1n) is 3.69. The Balaban J connectivity index is 3.10. The van der Waals surface area contributed by atoms with Crippen LogP contribution in [0.5, 0.6) is 0 Å². The molecule has 0 fully saturated rings. The molecule has 0 bridgehead atoms. The van der Waals surface area contributed by atoms with Gasteiger partial charge in [-0.1, -0.05) is 0 Å². The lowest BCUT2D eigenvalue weighted by atomic mass is 10.3. The van der Waals surface area contributed by atoms with Gasteiger partial charge in [-0.25, -0.2) is 4.98 Å². The molecule has 1 aromatic heterocycles. The fourth-order valence-electron chi connectivity index (χ4n) is 0.900. The number of nitrogens with one attached hydrogen (secondary N) is 1. The van der Waals surface area contributed by atoms with Crippen molar-refractivity contribution in [3.8, 4) is 0 Å². The summed E-state index contributed by atoms with van der Waals surface area (Å²) in [7, 11) is 0. The van der Waals surface area contributed by atoms with Gasteiger partial charge in [0.15, 0.2) is 0 Å². The van der Waals surface area contributed by atoms with Crippen LogP contribution in [0.4, 0.5) is 11.4 Å². The summed E-state index contributed by atoms with van der Waals surface area (Å²) in [6.07, 6.45) is 1.22. The number of anilines is 1. The predicted molar refractivity (Wildman–Crippen MR) is 52.8 cm³/mol. The van der Waals surface area contributed by atoms with E-state index in [0.29, 0.717) is 16.8 Å². The molecule has 6 heteroatoms. The molecule has 0 unspecified atom stereocenters. The molecule has 1 aromatic rings. The van der Waals surface area contributed by atoms with Crippen LogP contribution in [0, 0.1) is 10.1 Å². The Morgan fingerprint density at radius 1 is 1.77 bits per heavy atom. The van der Waals surface area contributed by atoms with E-state index >= 15 is 0 Å². The molecular weight excluding hydrogens is 238 g/mol. The average Bonchev–Trinajstić information content (AvgIpc) is 2.04. The van der Waals surface area contributed by atoms with Gasteiger partial charge in [-0.15, -0.1) is 0 Å². The highest BCUT2D eigenvalue weighted by Gasteiger charge is 2.13. The third-order valence-corrected chi connectivity index (χ3v) is 1.85. The van der Waals surface area contributed by atoms with Crippen LogP contribution in [0.3, 0.4) is 0 Å². The first kappa shape index (κ1) is 9.91. The molecule has 0 saturated carbocycles. The molecule has 0 aliphatic heterocycles. The van der Waals surface area contributed by atoms with Crippen LogP contribution < -0.4 is 5.32 Å². The van der Waals surface area contributed by atoms with Gasteiger partial charge in [0.2, 0.25) is 0 Å². The number of halogens is 1. The topological polar surface area (TPSA) is 68.1 Å². The fourth-order valence-corrected chi connectivity index (χ4v) is 1.23. The van der Waals surface area contributed by atoms with Gasteiger partial charge in [-0.2, -0.15) is 0 Å². The van der Waals surface area contributed by atoms with Gasteiger partial charge in [0.1, 0.15) is 16.5 Å². The molecular formula is C7H8BrN3O2. The average molecular weight is 246 g/mol. The van der Waals surface area contributed by atoms with E-state index in [1.807, 2.05) is 6.92 Å². The van der Waals surface area contributed by atoms with Gasteiger partial charge in [-0.05, 0) is 22.9 Å². The summed E-state index contributed by atoms with van der Waals surface area (Å²) in [4.78, 5) is 13.8. The Bertz CT molecular complexity index is 330. The third-order valence-electron chi connectivity index (χ3n) is 1.41. The molecule has 1 heterocycles. The summed E-state index contributed by atoms with van der Waals surface area (Å²) in [6, 6.07) is 1.58. The van der Waals surface area contributed by atoms with Gasteiger partial charge in [0, 0.05) is 12.6 Å². The number of hydrogen-bond acceptors (Lipinski definition) is 4. The molecule has 0 atom stereocenters. The van der Waals surface area contributed by atoms with Crippen molar-refractivity contribution in [2.45, 2.75) is 6.92 Å². The zero-order valence-electron chi connectivity index (χ0n) is 6.95. The van der Waals surface area contributed by atoms with Crippen molar-refractivity contribution in [1.82, 2.24) is 4.98 Å². The number of rotatable bonds is 3. The van der Waals surface area contributed by atoms with Crippen molar-refractivity contribution >= 4 is 27.3 Å². The Morgan fingerprint density at radius 2 is 2.46 bits per heavy atom. The molecule has 0 amide bonds. The second-order valence-electron chi connectivity index (χ2n) is 2.31. The third kappa shape index (κ3) is 2.38. The predicted octanol–water partition coefficient (Wildman–Crippen LogP) is 2.18. The Hall–Kier alpha value is -1.17. The van der Waals surface area contributed by atoms with E-state index in [2.05, 4.69) is 26.2 Å². The number of hydrogen-bond donors (Lipinski definition) is 1. The van der Waals surface area contributed by atoms with Crippen LogP contribution in [0.15, 0.2) is 16.9 Å². The first-order chi connectivity index (χ1) is 6.15. The van der Waals surface area contributed by atoms with E-state index in [9.17, 15) is 10.1 Å². The van der Waals surface area contributed by atoms with E-state index < -0.39 is 4.92 Å². The second-order valence-corrected chi connectivity index (χ2v) is 3.12. The van der Waals surface area contributed by atoms with Gasteiger partial charge >= 0.3 is 5.69 Å². The van der Waals surface area contributed by atoms with Crippen LogP contribution >= 0.6 is 15.9 Å². The highest BCUT2D eigenvalue weighted by molar-refractivity contribution is 9.10. The normalized spacial score (nSPS) is 9.69. The number of nitro groups is 1. The molecule has 0 saturated heterocycles. The summed E-state index contributed by atoms with van der Waals surface area (Å²) in [5.41, 5.74) is 0.472. The minimum atomic E-state index is -0.461. The monoisotopic (exact) mass is 245 g/mol. The van der Waals surface area contributed by atoms with Crippen molar-refractivity contribution in [1.29, 1.82) is 0 Å². The van der Waals surface area contributed by atoms with Crippen molar-refractivity contribution in [2.24, 2.45) is 0 Å². The molecule has 0 aliphatic carbocycles. The molecule has 13 heavy (non-hydrogen) atoms. The standard InChI is InChI=1S/C7H8BrN3O2/c1-2-9-5-3-7(8)10-4-6(5)11(12)13/h3-4H,2H2,1H3,(H,9,10). The lowest BCUT2D eigenvalue weighted by Gasteiger charge is -2.03. The fraction of sp³-hybridized carbons (Fsp3) is 0.286. The van der Waals surface area contributed by atoms with Crippen molar-refractivity contribution in [2.75, 3.05) is 11.9 Å². The number of aromatic nitrogens is 1. The van der Waals surface area contributed by atoms with Crippen molar-refractivity contribution in [3.63, 3.8) is 0 Å². The van der Waals surface area contributed by atoms with E-state index in [1.54, 1.807) is 6.07 Å². The highest BCUT2D eigenvalue weighted by Crippen LogP contribution is 2.25.